The molecule has 45 heavy (non-hydrogen) atoms. The minimum Gasteiger partial charge on any atom is -0.461 e. The monoisotopic (exact) mass is 647 g/mol. The van der Waals surface area contributed by atoms with Gasteiger partial charge in [0.15, 0.2) is 0 Å². The predicted molar refractivity (Wildman–Crippen MR) is 178 cm³/mol. The molecule has 0 saturated carbocycles. The maximum atomic E-state index is 13.6. The summed E-state index contributed by atoms with van der Waals surface area (Å²) < 4.78 is 41.8. The molecule has 1 saturated heterocycles. The van der Waals surface area contributed by atoms with Gasteiger partial charge in [-0.05, 0) is 82.0 Å². The summed E-state index contributed by atoms with van der Waals surface area (Å²) in [5, 5.41) is 6.30. The number of carbonyl (C=O) groups excluding carboxylic acids is 1. The standard InChI is InChI=1S/C33H37N5O5S2/c1-42-12-11-37-10-8-23(18-37)20-43-33(39)31-16-26-6-7-28(17-34)35-32(26)38(31)19-27-15-29(14-25-4-2-3-5-30(25)27)36-45(40,41)22-24-9-13-44-21-24/h2-7,9,13-16,21,23,36H,8,10-12,17-20,22,34H2,1H3/t23-/m0/s1. The largest absolute Gasteiger partial charge is 0.461 e. The van der Waals surface area contributed by atoms with Crippen molar-refractivity contribution in [3.05, 3.63) is 93.9 Å². The second-order valence-corrected chi connectivity index (χ2v) is 13.9. The maximum Gasteiger partial charge on any atom is 0.355 e. The number of hydrogen-bond acceptors (Lipinski definition) is 9. The summed E-state index contributed by atoms with van der Waals surface area (Å²) in [5.74, 6) is -0.281. The van der Waals surface area contributed by atoms with Crippen LogP contribution in [0.15, 0.2) is 71.4 Å². The van der Waals surface area contributed by atoms with E-state index >= 15 is 0 Å². The van der Waals surface area contributed by atoms with Gasteiger partial charge in [0, 0.05) is 43.7 Å². The van der Waals surface area contributed by atoms with Crippen LogP contribution in [0.1, 0.15) is 33.7 Å². The molecule has 0 radical (unpaired) electrons. The quantitative estimate of drug-likeness (QED) is 0.174. The molecular weight excluding hydrogens is 611 g/mol. The molecule has 236 valence electrons. The van der Waals surface area contributed by atoms with Crippen molar-refractivity contribution in [2.45, 2.75) is 25.3 Å². The van der Waals surface area contributed by atoms with Gasteiger partial charge in [0.1, 0.15) is 11.3 Å². The number of likely N-dealkylation sites (tertiary alicyclic amines) is 1. The van der Waals surface area contributed by atoms with E-state index in [4.69, 9.17) is 20.2 Å². The Labute approximate surface area is 266 Å². The number of methoxy groups -OCH3 is 1. The predicted octanol–water partition coefficient (Wildman–Crippen LogP) is 4.83. The minimum atomic E-state index is -3.66. The Morgan fingerprint density at radius 2 is 2.00 bits per heavy atom. The van der Waals surface area contributed by atoms with Crippen molar-refractivity contribution in [2.75, 3.05) is 44.7 Å². The van der Waals surface area contributed by atoms with Crippen LogP contribution in [-0.2, 0) is 38.3 Å². The van der Waals surface area contributed by atoms with E-state index in [1.54, 1.807) is 19.2 Å². The van der Waals surface area contributed by atoms with Gasteiger partial charge >= 0.3 is 5.97 Å². The van der Waals surface area contributed by atoms with E-state index in [2.05, 4.69) is 9.62 Å². The van der Waals surface area contributed by atoms with Crippen LogP contribution >= 0.6 is 11.3 Å². The number of thiophene rings is 1. The van der Waals surface area contributed by atoms with Crippen molar-refractivity contribution < 1.29 is 22.7 Å². The fourth-order valence-corrected chi connectivity index (χ4v) is 7.85. The summed E-state index contributed by atoms with van der Waals surface area (Å²) in [6.07, 6.45) is 0.961. The van der Waals surface area contributed by atoms with Crippen LogP contribution in [0.25, 0.3) is 21.8 Å². The highest BCUT2D eigenvalue weighted by atomic mass is 32.2. The normalized spacial score (nSPS) is 15.6. The average molecular weight is 648 g/mol. The number of anilines is 1. The molecule has 12 heteroatoms. The van der Waals surface area contributed by atoms with E-state index in [1.807, 2.05) is 63.9 Å². The summed E-state index contributed by atoms with van der Waals surface area (Å²) in [4.78, 5) is 20.7. The van der Waals surface area contributed by atoms with Crippen LogP contribution in [0, 0.1) is 5.92 Å². The van der Waals surface area contributed by atoms with E-state index in [0.29, 0.717) is 35.9 Å². The smallest absolute Gasteiger partial charge is 0.355 e. The average Bonchev–Trinajstić information content (AvgIpc) is 3.79. The highest BCUT2D eigenvalue weighted by Crippen LogP contribution is 2.29. The van der Waals surface area contributed by atoms with Gasteiger partial charge in [-0.1, -0.05) is 24.3 Å². The van der Waals surface area contributed by atoms with Gasteiger partial charge in [-0.3, -0.25) is 4.72 Å². The number of benzene rings is 2. The summed E-state index contributed by atoms with van der Waals surface area (Å²) >= 11 is 1.46. The third kappa shape index (κ3) is 7.37. The summed E-state index contributed by atoms with van der Waals surface area (Å²) in [7, 11) is -1.96. The Morgan fingerprint density at radius 3 is 2.80 bits per heavy atom. The molecule has 3 N–H and O–H groups in total. The zero-order valence-electron chi connectivity index (χ0n) is 25.1. The molecule has 5 aromatic rings. The summed E-state index contributed by atoms with van der Waals surface area (Å²) in [5.41, 5.74) is 9.64. The molecule has 1 fully saturated rings. The highest BCUT2D eigenvalue weighted by molar-refractivity contribution is 7.91. The molecule has 4 heterocycles. The molecule has 0 bridgehead atoms. The Bertz CT molecular complexity index is 1910. The Balaban J connectivity index is 1.31. The molecule has 1 aliphatic heterocycles. The minimum absolute atomic E-state index is 0.117. The van der Waals surface area contributed by atoms with Gasteiger partial charge in [-0.15, -0.1) is 0 Å². The SMILES string of the molecule is COCCN1CC[C@H](COC(=O)c2cc3ccc(CN)nc3n2Cc2cc(NS(=O)(=O)Cc3ccsc3)cc3ccccc23)C1. The fraction of sp³-hybridized carbons (Fsp3) is 0.333. The number of fused-ring (bicyclic) bond motifs is 2. The van der Waals surface area contributed by atoms with E-state index in [0.717, 1.165) is 53.3 Å². The lowest BCUT2D eigenvalue weighted by molar-refractivity contribution is 0.0430. The van der Waals surface area contributed by atoms with Gasteiger partial charge in [0.2, 0.25) is 10.0 Å². The molecule has 0 aliphatic carbocycles. The number of nitrogens with one attached hydrogen (secondary N) is 1. The zero-order valence-corrected chi connectivity index (χ0v) is 26.8. The number of esters is 1. The van der Waals surface area contributed by atoms with Gasteiger partial charge in [-0.2, -0.15) is 11.3 Å². The molecule has 1 aliphatic rings. The molecule has 0 unspecified atom stereocenters. The van der Waals surface area contributed by atoms with Gasteiger partial charge in [0.25, 0.3) is 0 Å². The van der Waals surface area contributed by atoms with Crippen molar-refractivity contribution >= 4 is 54.8 Å². The lowest BCUT2D eigenvalue weighted by Gasteiger charge is -2.17. The molecule has 0 spiro atoms. The number of sulfonamides is 1. The number of hydrogen-bond donors (Lipinski definition) is 2. The topological polar surface area (TPSA) is 129 Å². The third-order valence-corrected chi connectivity index (χ3v) is 10.1. The van der Waals surface area contributed by atoms with E-state index < -0.39 is 16.0 Å². The lowest BCUT2D eigenvalue weighted by Crippen LogP contribution is -2.26. The van der Waals surface area contributed by atoms with Crippen LogP contribution < -0.4 is 10.5 Å². The van der Waals surface area contributed by atoms with Crippen molar-refractivity contribution in [1.29, 1.82) is 0 Å². The van der Waals surface area contributed by atoms with Crippen LogP contribution in [-0.4, -0.2) is 68.8 Å². The second-order valence-electron chi connectivity index (χ2n) is 11.4. The first-order chi connectivity index (χ1) is 21.8. The van der Waals surface area contributed by atoms with E-state index in [-0.39, 0.29) is 24.8 Å². The van der Waals surface area contributed by atoms with Crippen molar-refractivity contribution in [2.24, 2.45) is 11.7 Å². The molecular formula is C33H37N5O5S2. The van der Waals surface area contributed by atoms with Gasteiger partial charge in [0.05, 0.1) is 31.2 Å². The van der Waals surface area contributed by atoms with Crippen molar-refractivity contribution in [3.8, 4) is 0 Å². The first kappa shape index (κ1) is 31.2. The Hall–Kier alpha value is -3.81. The Morgan fingerprint density at radius 1 is 1.13 bits per heavy atom. The number of pyridine rings is 1. The fourth-order valence-electron chi connectivity index (χ4n) is 5.91. The lowest BCUT2D eigenvalue weighted by atomic mass is 10.0. The molecule has 10 nitrogen and oxygen atoms in total. The molecule has 2 aromatic carbocycles. The zero-order chi connectivity index (χ0) is 31.4. The number of aromatic nitrogens is 2. The number of ether oxygens (including phenoxy) is 2. The molecule has 0 amide bonds. The third-order valence-electron chi connectivity index (χ3n) is 8.14. The summed E-state index contributed by atoms with van der Waals surface area (Å²) in [6.45, 7) is 4.21. The van der Waals surface area contributed by atoms with E-state index in [9.17, 15) is 13.2 Å². The van der Waals surface area contributed by atoms with Gasteiger partial charge < -0.3 is 24.7 Å². The first-order valence-corrected chi connectivity index (χ1v) is 17.5. The maximum absolute atomic E-state index is 13.6. The number of carbonyl (C=O) groups is 1. The second kappa shape index (κ2) is 13.7. The molecule has 3 aromatic heterocycles. The van der Waals surface area contributed by atoms with Gasteiger partial charge in [-0.25, -0.2) is 18.2 Å². The van der Waals surface area contributed by atoms with Crippen molar-refractivity contribution in [1.82, 2.24) is 14.5 Å². The highest BCUT2D eigenvalue weighted by Gasteiger charge is 2.25. The van der Waals surface area contributed by atoms with Crippen LogP contribution in [0.3, 0.4) is 0 Å². The number of nitrogens with zero attached hydrogens (tertiary/aromatic N) is 3. The Kier molecular flexibility index (Phi) is 9.47. The number of nitrogens with two attached hydrogens (primary N) is 1. The molecule has 1 atom stereocenters. The van der Waals surface area contributed by atoms with Crippen LogP contribution in [0.2, 0.25) is 0 Å². The number of rotatable bonds is 13. The van der Waals surface area contributed by atoms with Crippen LogP contribution in [0.4, 0.5) is 5.69 Å². The first-order valence-electron chi connectivity index (χ1n) is 14.9. The summed E-state index contributed by atoms with van der Waals surface area (Å²) in [6, 6.07) is 18.8. The molecule has 6 rings (SSSR count). The van der Waals surface area contributed by atoms with Crippen molar-refractivity contribution in [3.63, 3.8) is 0 Å². The van der Waals surface area contributed by atoms with E-state index in [1.165, 1.54) is 11.3 Å². The van der Waals surface area contributed by atoms with Crippen LogP contribution in [0.5, 0.6) is 0 Å².